The van der Waals surface area contributed by atoms with Crippen LogP contribution in [0.1, 0.15) is 38.4 Å². The number of nitrogens with zero attached hydrogens (tertiary/aromatic N) is 2. The number of hydrogen-bond acceptors (Lipinski definition) is 3. The molecule has 3 N–H and O–H groups in total. The van der Waals surface area contributed by atoms with Crippen molar-refractivity contribution >= 4 is 5.96 Å². The van der Waals surface area contributed by atoms with E-state index in [-0.39, 0.29) is 5.60 Å². The smallest absolute Gasteiger partial charge is 0.191 e. The maximum atomic E-state index is 5.38. The first kappa shape index (κ1) is 17.5. The molecular weight excluding hydrogens is 266 g/mol. The molecule has 1 aromatic rings. The van der Waals surface area contributed by atoms with Crippen molar-refractivity contribution in [3.8, 4) is 0 Å². The molecule has 6 heteroatoms. The predicted octanol–water partition coefficient (Wildman–Crippen LogP) is 1.63. The van der Waals surface area contributed by atoms with Gasteiger partial charge in [0.25, 0.3) is 0 Å². The molecule has 0 radical (unpaired) electrons. The van der Waals surface area contributed by atoms with Crippen LogP contribution in [0.15, 0.2) is 11.2 Å². The Morgan fingerprint density at radius 1 is 1.43 bits per heavy atom. The van der Waals surface area contributed by atoms with Gasteiger partial charge in [-0.1, -0.05) is 0 Å². The Morgan fingerprint density at radius 3 is 2.76 bits per heavy atom. The van der Waals surface area contributed by atoms with E-state index < -0.39 is 0 Å². The van der Waals surface area contributed by atoms with Crippen LogP contribution >= 0.6 is 0 Å². The second kappa shape index (κ2) is 8.67. The van der Waals surface area contributed by atoms with Crippen molar-refractivity contribution in [2.75, 3.05) is 26.7 Å². The van der Waals surface area contributed by atoms with Gasteiger partial charge in [-0.25, -0.2) is 0 Å². The van der Waals surface area contributed by atoms with E-state index in [0.29, 0.717) is 6.54 Å². The van der Waals surface area contributed by atoms with Gasteiger partial charge in [0, 0.05) is 25.9 Å². The fourth-order valence-corrected chi connectivity index (χ4v) is 1.79. The van der Waals surface area contributed by atoms with Crippen LogP contribution in [-0.4, -0.2) is 48.5 Å². The third-order valence-electron chi connectivity index (χ3n) is 3.36. The molecule has 0 spiro atoms. The first-order valence-electron chi connectivity index (χ1n) is 7.54. The normalized spacial score (nSPS) is 12.5. The van der Waals surface area contributed by atoms with Crippen LogP contribution in [0.5, 0.6) is 0 Å². The van der Waals surface area contributed by atoms with Crippen LogP contribution in [0.2, 0.25) is 0 Å². The lowest BCUT2D eigenvalue weighted by molar-refractivity contribution is 0.0310. The highest BCUT2D eigenvalue weighted by molar-refractivity contribution is 5.79. The molecule has 0 bridgehead atoms. The highest BCUT2D eigenvalue weighted by Gasteiger charge is 2.15. The van der Waals surface area contributed by atoms with Crippen LogP contribution in [-0.2, 0) is 11.2 Å². The number of guanidine groups is 1. The lowest BCUT2D eigenvalue weighted by atomic mass is 10.1. The SMILES string of the molecule is CCNC(=NCC(C)(C)OC)NCCCc1cn[nH]c1C. The topological polar surface area (TPSA) is 74.3 Å². The van der Waals surface area contributed by atoms with Gasteiger partial charge in [-0.3, -0.25) is 10.1 Å². The number of methoxy groups -OCH3 is 1. The van der Waals surface area contributed by atoms with E-state index in [9.17, 15) is 0 Å². The van der Waals surface area contributed by atoms with Crippen LogP contribution in [0, 0.1) is 6.92 Å². The average molecular weight is 295 g/mol. The molecule has 0 aliphatic heterocycles. The number of aliphatic imine (C=N–C) groups is 1. The average Bonchev–Trinajstić information content (AvgIpc) is 2.86. The van der Waals surface area contributed by atoms with Crippen LogP contribution in [0.25, 0.3) is 0 Å². The maximum absolute atomic E-state index is 5.38. The second-order valence-electron chi connectivity index (χ2n) is 5.71. The molecule has 1 heterocycles. The number of H-pyrrole nitrogens is 1. The Balaban J connectivity index is 2.37. The van der Waals surface area contributed by atoms with E-state index in [1.165, 1.54) is 5.56 Å². The number of nitrogens with one attached hydrogen (secondary N) is 3. The molecule has 0 fully saturated rings. The zero-order valence-electron chi connectivity index (χ0n) is 13.9. The van der Waals surface area contributed by atoms with Crippen molar-refractivity contribution in [2.24, 2.45) is 4.99 Å². The number of hydrogen-bond donors (Lipinski definition) is 3. The molecule has 0 aliphatic rings. The van der Waals surface area contributed by atoms with Gasteiger partial charge in [-0.15, -0.1) is 0 Å². The number of aromatic nitrogens is 2. The summed E-state index contributed by atoms with van der Waals surface area (Å²) in [6.45, 7) is 10.5. The van der Waals surface area contributed by atoms with Crippen molar-refractivity contribution in [2.45, 2.75) is 46.1 Å². The largest absolute Gasteiger partial charge is 0.377 e. The summed E-state index contributed by atoms with van der Waals surface area (Å²) in [5.74, 6) is 0.839. The first-order chi connectivity index (χ1) is 9.98. The summed E-state index contributed by atoms with van der Waals surface area (Å²) in [5.41, 5.74) is 2.19. The molecule has 0 aliphatic carbocycles. The summed E-state index contributed by atoms with van der Waals surface area (Å²) in [5, 5.41) is 13.6. The Labute approximate surface area is 127 Å². The Bertz CT molecular complexity index is 439. The molecule has 6 nitrogen and oxygen atoms in total. The van der Waals surface area contributed by atoms with Gasteiger partial charge in [0.05, 0.1) is 18.3 Å². The molecule has 0 saturated heterocycles. The van der Waals surface area contributed by atoms with Crippen molar-refractivity contribution in [1.29, 1.82) is 0 Å². The molecular formula is C15H29N5O. The van der Waals surface area contributed by atoms with Gasteiger partial charge < -0.3 is 15.4 Å². The third-order valence-corrected chi connectivity index (χ3v) is 3.36. The number of rotatable bonds is 8. The highest BCUT2D eigenvalue weighted by Crippen LogP contribution is 2.07. The quantitative estimate of drug-likeness (QED) is 0.387. The van der Waals surface area contributed by atoms with Crippen LogP contribution < -0.4 is 10.6 Å². The highest BCUT2D eigenvalue weighted by atomic mass is 16.5. The maximum Gasteiger partial charge on any atom is 0.191 e. The van der Waals surface area contributed by atoms with Gasteiger partial charge in [-0.05, 0) is 46.1 Å². The van der Waals surface area contributed by atoms with E-state index in [0.717, 1.165) is 37.6 Å². The van der Waals surface area contributed by atoms with Gasteiger partial charge in [-0.2, -0.15) is 5.10 Å². The molecule has 0 atom stereocenters. The fourth-order valence-electron chi connectivity index (χ4n) is 1.79. The Hall–Kier alpha value is -1.56. The predicted molar refractivity (Wildman–Crippen MR) is 86.7 cm³/mol. The van der Waals surface area contributed by atoms with E-state index in [1.807, 2.05) is 27.0 Å². The Morgan fingerprint density at radius 2 is 2.19 bits per heavy atom. The monoisotopic (exact) mass is 295 g/mol. The number of ether oxygens (including phenoxy) is 1. The lowest BCUT2D eigenvalue weighted by Gasteiger charge is -2.21. The van der Waals surface area contributed by atoms with E-state index in [2.05, 4.69) is 32.7 Å². The molecule has 0 saturated carbocycles. The summed E-state index contributed by atoms with van der Waals surface area (Å²) in [4.78, 5) is 4.56. The minimum atomic E-state index is -0.240. The third kappa shape index (κ3) is 6.62. The van der Waals surface area contributed by atoms with Crippen molar-refractivity contribution < 1.29 is 4.74 Å². The van der Waals surface area contributed by atoms with E-state index in [4.69, 9.17) is 4.74 Å². The second-order valence-corrected chi connectivity index (χ2v) is 5.71. The minimum Gasteiger partial charge on any atom is -0.377 e. The molecule has 0 unspecified atom stereocenters. The Kier molecular flexibility index (Phi) is 7.22. The molecule has 1 rings (SSSR count). The minimum absolute atomic E-state index is 0.240. The zero-order valence-corrected chi connectivity index (χ0v) is 13.9. The van der Waals surface area contributed by atoms with Crippen molar-refractivity contribution in [1.82, 2.24) is 20.8 Å². The summed E-state index contributed by atoms with van der Waals surface area (Å²) in [6, 6.07) is 0. The zero-order chi connectivity index (χ0) is 15.7. The fraction of sp³-hybridized carbons (Fsp3) is 0.733. The molecule has 21 heavy (non-hydrogen) atoms. The standard InChI is InChI=1S/C15H29N5O/c1-6-16-14(18-11-15(3,4)21-5)17-9-7-8-13-10-19-20-12(13)2/h10H,6-9,11H2,1-5H3,(H,19,20)(H2,16,17,18). The number of aromatic amines is 1. The van der Waals surface area contributed by atoms with E-state index >= 15 is 0 Å². The summed E-state index contributed by atoms with van der Waals surface area (Å²) >= 11 is 0. The van der Waals surface area contributed by atoms with Gasteiger partial charge in [0.2, 0.25) is 0 Å². The van der Waals surface area contributed by atoms with E-state index in [1.54, 1.807) is 7.11 Å². The molecule has 120 valence electrons. The van der Waals surface area contributed by atoms with Crippen LogP contribution in [0.4, 0.5) is 0 Å². The first-order valence-corrected chi connectivity index (χ1v) is 7.54. The lowest BCUT2D eigenvalue weighted by Crippen LogP contribution is -2.39. The molecule has 0 aromatic carbocycles. The van der Waals surface area contributed by atoms with Crippen molar-refractivity contribution in [3.63, 3.8) is 0 Å². The molecule has 1 aromatic heterocycles. The summed E-state index contributed by atoms with van der Waals surface area (Å²) in [7, 11) is 1.71. The summed E-state index contributed by atoms with van der Waals surface area (Å²) in [6.07, 6.45) is 3.95. The summed E-state index contributed by atoms with van der Waals surface area (Å²) < 4.78 is 5.38. The van der Waals surface area contributed by atoms with Gasteiger partial charge >= 0.3 is 0 Å². The van der Waals surface area contributed by atoms with Crippen molar-refractivity contribution in [3.05, 3.63) is 17.5 Å². The van der Waals surface area contributed by atoms with Gasteiger partial charge in [0.15, 0.2) is 5.96 Å². The van der Waals surface area contributed by atoms with Crippen LogP contribution in [0.3, 0.4) is 0 Å². The molecule has 0 amide bonds. The van der Waals surface area contributed by atoms with Gasteiger partial charge in [0.1, 0.15) is 0 Å². The number of aryl methyl sites for hydroxylation is 2.